The quantitative estimate of drug-likeness (QED) is 0.681. The molecule has 0 unspecified atom stereocenters. The van der Waals surface area contributed by atoms with Crippen LogP contribution in [0.2, 0.25) is 0 Å². The Bertz CT molecular complexity index is 432. The van der Waals surface area contributed by atoms with Crippen molar-refractivity contribution in [2.45, 2.75) is 6.42 Å². The smallest absolute Gasteiger partial charge is 0.191 e. The van der Waals surface area contributed by atoms with Gasteiger partial charge in [-0.1, -0.05) is 0 Å². The third-order valence-corrected chi connectivity index (χ3v) is 2.86. The number of Topliss-reactive ketones (excluding diaryl/α,β-unsaturated/α-hetero) is 1. The lowest BCUT2D eigenvalue weighted by Gasteiger charge is -2.07. The van der Waals surface area contributed by atoms with E-state index in [2.05, 4.69) is 15.9 Å². The Kier molecular flexibility index (Phi) is 2.84. The maximum atomic E-state index is 13.6. The molecule has 0 saturated carbocycles. The molecule has 0 bridgehead atoms. The molecule has 5 heteroatoms. The van der Waals surface area contributed by atoms with E-state index in [0.29, 0.717) is 0 Å². The monoisotopic (exact) mass is 276 g/mol. The Hall–Kier alpha value is -0.810. The zero-order valence-electron chi connectivity index (χ0n) is 7.65. The molecule has 0 radical (unpaired) electrons. The molecule has 0 fully saturated rings. The summed E-state index contributed by atoms with van der Waals surface area (Å²) < 4.78 is 32.0. The van der Waals surface area contributed by atoms with Gasteiger partial charge in [-0.3, -0.25) is 4.79 Å². The normalized spacial score (nSPS) is 16.1. The predicted molar refractivity (Wildman–Crippen MR) is 52.9 cm³/mol. The van der Waals surface area contributed by atoms with Gasteiger partial charge in [0.15, 0.2) is 5.78 Å². The van der Waals surface area contributed by atoms with Gasteiger partial charge in [-0.05, 0) is 28.4 Å². The van der Waals surface area contributed by atoms with Crippen LogP contribution in [0.3, 0.4) is 0 Å². The zero-order valence-corrected chi connectivity index (χ0v) is 9.24. The summed E-state index contributed by atoms with van der Waals surface area (Å²) in [6, 6.07) is 1.03. The summed E-state index contributed by atoms with van der Waals surface area (Å²) in [5.74, 6) is -1.79. The van der Waals surface area contributed by atoms with Crippen LogP contribution in [0.5, 0.6) is 0 Å². The Balaban J connectivity index is 2.69. The largest absolute Gasteiger partial charge is 0.373 e. The van der Waals surface area contributed by atoms with Gasteiger partial charge in [-0.15, -0.1) is 0 Å². The van der Waals surface area contributed by atoms with Crippen LogP contribution in [-0.4, -0.2) is 19.0 Å². The van der Waals surface area contributed by atoms with Gasteiger partial charge < -0.3 is 4.74 Å². The van der Waals surface area contributed by atoms with Crippen molar-refractivity contribution >= 4 is 21.7 Å². The standard InChI is InChI=1S/C10H7BrF2O2/c11-6-3-7(12)5-1-2-15-4-8(14)9(5)10(6)13/h3H,1-2,4H2. The third-order valence-electron chi connectivity index (χ3n) is 2.28. The molecule has 0 saturated heterocycles. The van der Waals surface area contributed by atoms with E-state index in [9.17, 15) is 13.6 Å². The summed E-state index contributed by atoms with van der Waals surface area (Å²) >= 11 is 2.87. The first-order chi connectivity index (χ1) is 7.11. The first kappa shape index (κ1) is 10.7. The predicted octanol–water partition coefficient (Wildman–Crippen LogP) is 2.48. The summed E-state index contributed by atoms with van der Waals surface area (Å²) in [6.07, 6.45) is 0.219. The van der Waals surface area contributed by atoms with E-state index < -0.39 is 17.4 Å². The fraction of sp³-hybridized carbons (Fsp3) is 0.300. The number of carbonyl (C=O) groups is 1. The molecule has 1 aliphatic rings. The number of ketones is 1. The number of halogens is 3. The van der Waals surface area contributed by atoms with Gasteiger partial charge >= 0.3 is 0 Å². The van der Waals surface area contributed by atoms with Gasteiger partial charge in [-0.2, -0.15) is 0 Å². The lowest BCUT2D eigenvalue weighted by atomic mass is 10.0. The van der Waals surface area contributed by atoms with Crippen molar-refractivity contribution in [2.75, 3.05) is 13.2 Å². The first-order valence-corrected chi connectivity index (χ1v) is 5.18. The topological polar surface area (TPSA) is 26.3 Å². The van der Waals surface area contributed by atoms with E-state index in [1.54, 1.807) is 0 Å². The number of hydrogen-bond acceptors (Lipinski definition) is 2. The van der Waals surface area contributed by atoms with Crippen LogP contribution in [-0.2, 0) is 11.2 Å². The molecular weight excluding hydrogens is 270 g/mol. The molecule has 2 nitrogen and oxygen atoms in total. The summed E-state index contributed by atoms with van der Waals surface area (Å²) in [6.45, 7) is 0.0382. The van der Waals surface area contributed by atoms with Gasteiger partial charge in [0, 0.05) is 5.56 Å². The molecule has 0 aliphatic carbocycles. The van der Waals surface area contributed by atoms with Crippen LogP contribution >= 0.6 is 15.9 Å². The second-order valence-electron chi connectivity index (χ2n) is 3.23. The molecular formula is C10H7BrF2O2. The van der Waals surface area contributed by atoms with Crippen LogP contribution in [0, 0.1) is 11.6 Å². The Labute approximate surface area is 93.4 Å². The number of hydrogen-bond donors (Lipinski definition) is 0. The summed E-state index contributed by atoms with van der Waals surface area (Å²) in [4.78, 5) is 11.5. The van der Waals surface area contributed by atoms with Gasteiger partial charge in [0.1, 0.15) is 18.2 Å². The number of ether oxygens (including phenoxy) is 1. The van der Waals surface area contributed by atoms with E-state index in [4.69, 9.17) is 4.74 Å². The molecule has 0 atom stereocenters. The van der Waals surface area contributed by atoms with Crippen LogP contribution in [0.25, 0.3) is 0 Å². The van der Waals surface area contributed by atoms with Crippen LogP contribution in [0.15, 0.2) is 10.5 Å². The fourth-order valence-electron chi connectivity index (χ4n) is 1.58. The first-order valence-electron chi connectivity index (χ1n) is 4.38. The fourth-order valence-corrected chi connectivity index (χ4v) is 1.98. The maximum Gasteiger partial charge on any atom is 0.191 e. The van der Waals surface area contributed by atoms with E-state index in [1.165, 1.54) is 0 Å². The van der Waals surface area contributed by atoms with Crippen molar-refractivity contribution in [1.29, 1.82) is 0 Å². The second-order valence-corrected chi connectivity index (χ2v) is 4.09. The SMILES string of the molecule is O=C1COCCc2c(F)cc(Br)c(F)c21. The summed E-state index contributed by atoms with van der Waals surface area (Å²) in [5, 5.41) is 0. The van der Waals surface area contributed by atoms with Gasteiger partial charge in [-0.25, -0.2) is 8.78 Å². The molecule has 1 aromatic carbocycles. The molecule has 15 heavy (non-hydrogen) atoms. The van der Waals surface area contributed by atoms with Crippen molar-refractivity contribution in [3.8, 4) is 0 Å². The molecule has 80 valence electrons. The minimum atomic E-state index is -0.707. The highest BCUT2D eigenvalue weighted by Crippen LogP contribution is 2.27. The van der Waals surface area contributed by atoms with E-state index in [0.717, 1.165) is 6.07 Å². The van der Waals surface area contributed by atoms with Crippen molar-refractivity contribution in [1.82, 2.24) is 0 Å². The van der Waals surface area contributed by atoms with Crippen LogP contribution < -0.4 is 0 Å². The minimum absolute atomic E-state index is 0.0333. The molecule has 1 heterocycles. The minimum Gasteiger partial charge on any atom is -0.373 e. The summed E-state index contributed by atoms with van der Waals surface area (Å²) in [5.41, 5.74) is -0.0717. The zero-order chi connectivity index (χ0) is 11.0. The number of fused-ring (bicyclic) bond motifs is 1. The Morgan fingerprint density at radius 1 is 1.40 bits per heavy atom. The van der Waals surface area contributed by atoms with Crippen LogP contribution in [0.1, 0.15) is 15.9 Å². The summed E-state index contributed by atoms with van der Waals surface area (Å²) in [7, 11) is 0. The molecule has 0 N–H and O–H groups in total. The molecule has 0 spiro atoms. The third kappa shape index (κ3) is 1.81. The average Bonchev–Trinajstić information content (AvgIpc) is 2.37. The van der Waals surface area contributed by atoms with Crippen LogP contribution in [0.4, 0.5) is 8.78 Å². The van der Waals surface area contributed by atoms with Crippen molar-refractivity contribution in [2.24, 2.45) is 0 Å². The van der Waals surface area contributed by atoms with E-state index >= 15 is 0 Å². The molecule has 1 aromatic rings. The number of benzene rings is 1. The highest BCUT2D eigenvalue weighted by molar-refractivity contribution is 9.10. The number of rotatable bonds is 0. The molecule has 1 aliphatic heterocycles. The van der Waals surface area contributed by atoms with E-state index in [-0.39, 0.29) is 35.2 Å². The van der Waals surface area contributed by atoms with Gasteiger partial charge in [0.25, 0.3) is 0 Å². The van der Waals surface area contributed by atoms with Gasteiger partial charge in [0.2, 0.25) is 0 Å². The van der Waals surface area contributed by atoms with E-state index in [1.807, 2.05) is 0 Å². The maximum absolute atomic E-state index is 13.6. The highest BCUT2D eigenvalue weighted by atomic mass is 79.9. The number of carbonyl (C=O) groups excluding carboxylic acids is 1. The van der Waals surface area contributed by atoms with Gasteiger partial charge in [0.05, 0.1) is 16.6 Å². The average molecular weight is 277 g/mol. The second kappa shape index (κ2) is 3.98. The van der Waals surface area contributed by atoms with Crippen molar-refractivity contribution in [3.05, 3.63) is 33.3 Å². The lowest BCUT2D eigenvalue weighted by molar-refractivity contribution is 0.0785. The van der Waals surface area contributed by atoms with Crippen molar-refractivity contribution in [3.63, 3.8) is 0 Å². The highest BCUT2D eigenvalue weighted by Gasteiger charge is 2.25. The molecule has 0 amide bonds. The lowest BCUT2D eigenvalue weighted by Crippen LogP contribution is -2.10. The molecule has 2 rings (SSSR count). The van der Waals surface area contributed by atoms with Crippen molar-refractivity contribution < 1.29 is 18.3 Å². The Morgan fingerprint density at radius 2 is 2.13 bits per heavy atom. The molecule has 0 aromatic heterocycles. The Morgan fingerprint density at radius 3 is 2.87 bits per heavy atom.